The number of nitrogens with zero attached hydrogens (tertiary/aromatic N) is 3. The molecule has 0 aromatic carbocycles. The smallest absolute Gasteiger partial charge is 0.269 e. The molecule has 0 N–H and O–H groups in total. The van der Waals surface area contributed by atoms with E-state index in [4.69, 9.17) is 16.3 Å². The van der Waals surface area contributed by atoms with E-state index in [1.54, 1.807) is 11.8 Å². The highest BCUT2D eigenvalue weighted by Gasteiger charge is 2.25. The van der Waals surface area contributed by atoms with Crippen molar-refractivity contribution in [1.29, 1.82) is 0 Å². The predicted molar refractivity (Wildman–Crippen MR) is 73.3 cm³/mol. The SMILES string of the molecule is CC(C(=O)N1CCOCC1)n1cnc(Cl)c(Br)c1=O. The summed E-state index contributed by atoms with van der Waals surface area (Å²) in [4.78, 5) is 29.9. The van der Waals surface area contributed by atoms with Crippen LogP contribution in [0.3, 0.4) is 0 Å². The van der Waals surface area contributed by atoms with Crippen LogP contribution in [0.5, 0.6) is 0 Å². The summed E-state index contributed by atoms with van der Waals surface area (Å²) in [6.07, 6.45) is 1.29. The van der Waals surface area contributed by atoms with Gasteiger partial charge < -0.3 is 9.64 Å². The maximum absolute atomic E-state index is 12.3. The molecule has 8 heteroatoms. The van der Waals surface area contributed by atoms with Crippen molar-refractivity contribution in [2.24, 2.45) is 0 Å². The van der Waals surface area contributed by atoms with Gasteiger partial charge in [-0.2, -0.15) is 0 Å². The van der Waals surface area contributed by atoms with Gasteiger partial charge in [-0.3, -0.25) is 14.2 Å². The van der Waals surface area contributed by atoms with Gasteiger partial charge in [0.2, 0.25) is 5.91 Å². The summed E-state index contributed by atoms with van der Waals surface area (Å²) < 4.78 is 6.63. The lowest BCUT2D eigenvalue weighted by atomic mass is 10.2. The molecule has 104 valence electrons. The molecule has 1 amide bonds. The first kappa shape index (κ1) is 14.5. The van der Waals surface area contributed by atoms with Gasteiger partial charge in [0.1, 0.15) is 10.5 Å². The molecule has 0 bridgehead atoms. The predicted octanol–water partition coefficient (Wildman–Crippen LogP) is 1.08. The number of aromatic nitrogens is 2. The van der Waals surface area contributed by atoms with Gasteiger partial charge in [-0.05, 0) is 22.9 Å². The van der Waals surface area contributed by atoms with Crippen LogP contribution >= 0.6 is 27.5 Å². The minimum absolute atomic E-state index is 0.0901. The largest absolute Gasteiger partial charge is 0.378 e. The topological polar surface area (TPSA) is 64.4 Å². The van der Waals surface area contributed by atoms with Crippen LogP contribution in [-0.4, -0.2) is 46.7 Å². The van der Waals surface area contributed by atoms with E-state index < -0.39 is 6.04 Å². The lowest BCUT2D eigenvalue weighted by Crippen LogP contribution is -2.45. The minimum atomic E-state index is -0.619. The van der Waals surface area contributed by atoms with Crippen molar-refractivity contribution in [2.75, 3.05) is 26.3 Å². The Morgan fingerprint density at radius 2 is 2.16 bits per heavy atom. The van der Waals surface area contributed by atoms with Crippen LogP contribution in [0, 0.1) is 0 Å². The third kappa shape index (κ3) is 2.98. The molecular formula is C11H13BrClN3O3. The second-order valence-electron chi connectivity index (χ2n) is 4.18. The summed E-state index contributed by atoms with van der Waals surface area (Å²) in [6.45, 7) is 3.80. The molecule has 1 saturated heterocycles. The molecule has 0 saturated carbocycles. The maximum atomic E-state index is 12.3. The van der Waals surface area contributed by atoms with Crippen molar-refractivity contribution in [2.45, 2.75) is 13.0 Å². The van der Waals surface area contributed by atoms with E-state index in [1.807, 2.05) is 0 Å². The number of hydrogen-bond acceptors (Lipinski definition) is 4. The van der Waals surface area contributed by atoms with E-state index in [0.29, 0.717) is 26.3 Å². The van der Waals surface area contributed by atoms with E-state index in [-0.39, 0.29) is 21.1 Å². The summed E-state index contributed by atoms with van der Waals surface area (Å²) >= 11 is 8.81. The van der Waals surface area contributed by atoms with Crippen LogP contribution in [0.2, 0.25) is 5.15 Å². The summed E-state index contributed by atoms with van der Waals surface area (Å²) in [6, 6.07) is -0.619. The van der Waals surface area contributed by atoms with Gasteiger partial charge in [0.15, 0.2) is 5.15 Å². The van der Waals surface area contributed by atoms with Crippen LogP contribution < -0.4 is 5.56 Å². The third-order valence-corrected chi connectivity index (χ3v) is 4.23. The fourth-order valence-corrected chi connectivity index (χ4v) is 2.30. The Morgan fingerprint density at radius 3 is 2.79 bits per heavy atom. The Labute approximate surface area is 123 Å². The second kappa shape index (κ2) is 6.02. The lowest BCUT2D eigenvalue weighted by molar-refractivity contribution is -0.138. The zero-order chi connectivity index (χ0) is 14.0. The number of rotatable bonds is 2. The van der Waals surface area contributed by atoms with Gasteiger partial charge in [-0.15, -0.1) is 0 Å². The molecule has 2 heterocycles. The Kier molecular flexibility index (Phi) is 4.59. The Hall–Kier alpha value is -0.920. The highest BCUT2D eigenvalue weighted by atomic mass is 79.9. The molecule has 0 radical (unpaired) electrons. The highest BCUT2D eigenvalue weighted by molar-refractivity contribution is 9.10. The number of hydrogen-bond donors (Lipinski definition) is 0. The third-order valence-electron chi connectivity index (χ3n) is 3.00. The number of carbonyl (C=O) groups is 1. The van der Waals surface area contributed by atoms with Crippen LogP contribution in [0.1, 0.15) is 13.0 Å². The molecule has 1 aromatic heterocycles. The molecule has 1 aromatic rings. The highest BCUT2D eigenvalue weighted by Crippen LogP contribution is 2.16. The first-order valence-corrected chi connectivity index (χ1v) is 6.98. The number of ether oxygens (including phenoxy) is 1. The molecule has 1 unspecified atom stereocenters. The monoisotopic (exact) mass is 349 g/mol. The van der Waals surface area contributed by atoms with Gasteiger partial charge in [-0.25, -0.2) is 4.98 Å². The fourth-order valence-electron chi connectivity index (χ4n) is 1.87. The Bertz CT molecular complexity index is 542. The van der Waals surface area contributed by atoms with Crippen molar-refractivity contribution in [3.63, 3.8) is 0 Å². The van der Waals surface area contributed by atoms with E-state index in [9.17, 15) is 9.59 Å². The molecule has 1 atom stereocenters. The minimum Gasteiger partial charge on any atom is -0.378 e. The number of halogens is 2. The van der Waals surface area contributed by atoms with Crippen molar-refractivity contribution in [1.82, 2.24) is 14.5 Å². The van der Waals surface area contributed by atoms with Crippen molar-refractivity contribution >= 4 is 33.4 Å². The van der Waals surface area contributed by atoms with Crippen molar-refractivity contribution in [3.05, 3.63) is 26.3 Å². The Morgan fingerprint density at radius 1 is 1.53 bits per heavy atom. The van der Waals surface area contributed by atoms with Gasteiger partial charge in [-0.1, -0.05) is 11.6 Å². The molecule has 6 nitrogen and oxygen atoms in total. The standard InChI is InChI=1S/C11H13BrClN3O3/c1-7(10(17)15-2-4-19-5-3-15)16-6-14-9(13)8(12)11(16)18/h6-7H,2-5H2,1H3. The number of amides is 1. The van der Waals surface area contributed by atoms with Crippen LogP contribution in [0.4, 0.5) is 0 Å². The molecule has 2 rings (SSSR count). The van der Waals surface area contributed by atoms with E-state index >= 15 is 0 Å². The summed E-state index contributed by atoms with van der Waals surface area (Å²) in [5, 5.41) is 0.0901. The normalized spacial score (nSPS) is 17.3. The zero-order valence-corrected chi connectivity index (χ0v) is 12.6. The molecule has 1 aliphatic heterocycles. The van der Waals surface area contributed by atoms with Gasteiger partial charge in [0, 0.05) is 13.1 Å². The lowest BCUT2D eigenvalue weighted by Gasteiger charge is -2.29. The molecule has 1 fully saturated rings. The summed E-state index contributed by atoms with van der Waals surface area (Å²) in [5.74, 6) is -0.124. The van der Waals surface area contributed by atoms with Crippen LogP contribution in [0.15, 0.2) is 15.6 Å². The van der Waals surface area contributed by atoms with Gasteiger partial charge in [0.25, 0.3) is 5.56 Å². The first-order valence-electron chi connectivity index (χ1n) is 5.81. The quantitative estimate of drug-likeness (QED) is 0.749. The van der Waals surface area contributed by atoms with E-state index in [0.717, 1.165) is 0 Å². The first-order chi connectivity index (χ1) is 9.02. The van der Waals surface area contributed by atoms with E-state index in [2.05, 4.69) is 20.9 Å². The maximum Gasteiger partial charge on any atom is 0.269 e. The molecule has 1 aliphatic rings. The average Bonchev–Trinajstić information content (AvgIpc) is 2.44. The fraction of sp³-hybridized carbons (Fsp3) is 0.545. The average molecular weight is 351 g/mol. The zero-order valence-electron chi connectivity index (χ0n) is 10.3. The molecular weight excluding hydrogens is 337 g/mol. The Balaban J connectivity index is 2.24. The van der Waals surface area contributed by atoms with Crippen molar-refractivity contribution in [3.8, 4) is 0 Å². The number of morpholine rings is 1. The summed E-state index contributed by atoms with van der Waals surface area (Å²) in [7, 11) is 0. The molecule has 0 spiro atoms. The van der Waals surface area contributed by atoms with Crippen molar-refractivity contribution < 1.29 is 9.53 Å². The summed E-state index contributed by atoms with van der Waals surface area (Å²) in [5.41, 5.74) is -0.367. The number of carbonyl (C=O) groups excluding carboxylic acids is 1. The molecule has 0 aliphatic carbocycles. The van der Waals surface area contributed by atoms with Gasteiger partial charge >= 0.3 is 0 Å². The second-order valence-corrected chi connectivity index (χ2v) is 5.33. The van der Waals surface area contributed by atoms with E-state index in [1.165, 1.54) is 10.9 Å². The van der Waals surface area contributed by atoms with Crippen LogP contribution in [-0.2, 0) is 9.53 Å². The van der Waals surface area contributed by atoms with Gasteiger partial charge in [0.05, 0.1) is 19.5 Å². The molecule has 19 heavy (non-hydrogen) atoms. The van der Waals surface area contributed by atoms with Crippen LogP contribution in [0.25, 0.3) is 0 Å².